The van der Waals surface area contributed by atoms with E-state index in [9.17, 15) is 18.7 Å². The smallest absolute Gasteiger partial charge is 0.306 e. The zero-order valence-corrected chi connectivity index (χ0v) is 19.6. The van der Waals surface area contributed by atoms with Gasteiger partial charge < -0.3 is 19.3 Å². The molecule has 1 aliphatic heterocycles. The van der Waals surface area contributed by atoms with Crippen LogP contribution in [0.15, 0.2) is 30.4 Å². The summed E-state index contributed by atoms with van der Waals surface area (Å²) < 4.78 is 43.5. The fourth-order valence-electron chi connectivity index (χ4n) is 4.85. The summed E-state index contributed by atoms with van der Waals surface area (Å²) in [6.45, 7) is 4.30. The van der Waals surface area contributed by atoms with Crippen LogP contribution in [0.3, 0.4) is 0 Å². The second kappa shape index (κ2) is 12.5. The van der Waals surface area contributed by atoms with E-state index in [2.05, 4.69) is 0 Å². The number of aliphatic hydroxyl groups excluding tert-OH is 1. The van der Waals surface area contributed by atoms with Crippen LogP contribution in [0.2, 0.25) is 0 Å². The van der Waals surface area contributed by atoms with E-state index in [1.807, 2.05) is 19.9 Å². The Morgan fingerprint density at radius 3 is 2.85 bits per heavy atom. The predicted molar refractivity (Wildman–Crippen MR) is 121 cm³/mol. The highest BCUT2D eigenvalue weighted by molar-refractivity contribution is 5.69. The van der Waals surface area contributed by atoms with Crippen molar-refractivity contribution < 1.29 is 32.9 Å². The number of esters is 1. The van der Waals surface area contributed by atoms with Crippen LogP contribution < -0.4 is 4.74 Å². The third-order valence-electron chi connectivity index (χ3n) is 6.51. The fourth-order valence-corrected chi connectivity index (χ4v) is 4.85. The van der Waals surface area contributed by atoms with Crippen molar-refractivity contribution in [1.29, 1.82) is 0 Å². The summed E-state index contributed by atoms with van der Waals surface area (Å²) in [6, 6.07) is 3.00. The lowest BCUT2D eigenvalue weighted by atomic mass is 9.87. The van der Waals surface area contributed by atoms with Crippen LogP contribution in [0.4, 0.5) is 8.78 Å². The molecule has 0 radical (unpaired) electrons. The maximum Gasteiger partial charge on any atom is 0.306 e. The van der Waals surface area contributed by atoms with Crippen molar-refractivity contribution in [2.75, 3.05) is 13.2 Å². The molecule has 0 aromatic heterocycles. The number of hydrogen-bond donors (Lipinski definition) is 1. The van der Waals surface area contributed by atoms with E-state index in [-0.39, 0.29) is 30.5 Å². The summed E-state index contributed by atoms with van der Waals surface area (Å²) in [6.07, 6.45) is 9.30. The molecule has 0 unspecified atom stereocenters. The summed E-state index contributed by atoms with van der Waals surface area (Å²) in [7, 11) is 0. The Labute approximate surface area is 195 Å². The van der Waals surface area contributed by atoms with Gasteiger partial charge in [-0.2, -0.15) is 0 Å². The first-order chi connectivity index (χ1) is 15.8. The maximum atomic E-state index is 13.6. The SMILES string of the molecule is CC(C)OC(=O)CCC[C@H]1CC[C@H]2[C@H](CC[C@@H]2/C=C/[C@@H](O)COc2cc(F)ccc2F)OC1. The van der Waals surface area contributed by atoms with Crippen LogP contribution in [-0.2, 0) is 14.3 Å². The molecule has 33 heavy (non-hydrogen) atoms. The molecule has 184 valence electrons. The van der Waals surface area contributed by atoms with Gasteiger partial charge in [-0.3, -0.25) is 4.79 Å². The normalized spacial score (nSPS) is 26.2. The molecule has 0 bridgehead atoms. The van der Waals surface area contributed by atoms with Gasteiger partial charge in [0.2, 0.25) is 0 Å². The standard InChI is InChI=1S/C26H36F2O5/c1-17(2)33-26(30)5-3-4-18-6-11-22-19(8-13-24(22)31-15-18)7-10-21(29)16-32-25-14-20(27)9-12-23(25)28/h7,9-10,12,14,17-19,21-22,24,29H,3-6,8,11,13,15-16H2,1-2H3/b10-7+/t18-,19-,21+,22+,24-/m0/s1. The number of allylic oxidation sites excluding steroid dienone is 1. The minimum absolute atomic E-state index is 0.0735. The number of halogens is 2. The van der Waals surface area contributed by atoms with Crippen molar-refractivity contribution in [1.82, 2.24) is 0 Å². The number of rotatable bonds is 10. The van der Waals surface area contributed by atoms with Crippen LogP contribution in [0.25, 0.3) is 0 Å². The lowest BCUT2D eigenvalue weighted by Gasteiger charge is -2.20. The van der Waals surface area contributed by atoms with Gasteiger partial charge in [0.15, 0.2) is 11.6 Å². The number of aliphatic hydroxyl groups is 1. The molecule has 1 aromatic carbocycles. The first-order valence-corrected chi connectivity index (χ1v) is 12.1. The molecule has 5 atom stereocenters. The number of carbonyl (C=O) groups excluding carboxylic acids is 1. The highest BCUT2D eigenvalue weighted by Gasteiger charge is 2.37. The molecule has 1 aromatic rings. The molecule has 1 saturated heterocycles. The average Bonchev–Trinajstić information content (AvgIpc) is 3.04. The van der Waals surface area contributed by atoms with Crippen LogP contribution in [-0.4, -0.2) is 42.6 Å². The summed E-state index contributed by atoms with van der Waals surface area (Å²) in [5, 5.41) is 10.2. The topological polar surface area (TPSA) is 65.0 Å². The van der Waals surface area contributed by atoms with E-state index in [1.54, 1.807) is 6.08 Å². The Kier molecular flexibility index (Phi) is 9.68. The predicted octanol–water partition coefficient (Wildman–Crippen LogP) is 5.20. The van der Waals surface area contributed by atoms with Crippen molar-refractivity contribution in [3.05, 3.63) is 42.0 Å². The summed E-state index contributed by atoms with van der Waals surface area (Å²) in [5.41, 5.74) is 0. The minimum atomic E-state index is -0.906. The fraction of sp³-hybridized carbons (Fsp3) is 0.654. The molecule has 1 saturated carbocycles. The number of ether oxygens (including phenoxy) is 3. The van der Waals surface area contributed by atoms with E-state index in [1.165, 1.54) is 0 Å². The number of hydrogen-bond acceptors (Lipinski definition) is 5. The van der Waals surface area contributed by atoms with Gasteiger partial charge in [0, 0.05) is 19.1 Å². The van der Waals surface area contributed by atoms with Crippen molar-refractivity contribution in [2.45, 2.75) is 77.1 Å². The minimum Gasteiger partial charge on any atom is -0.487 e. The Morgan fingerprint density at radius 1 is 1.24 bits per heavy atom. The number of benzene rings is 1. The van der Waals surface area contributed by atoms with Crippen molar-refractivity contribution in [3.8, 4) is 5.75 Å². The van der Waals surface area contributed by atoms with Gasteiger partial charge in [0.25, 0.3) is 0 Å². The van der Waals surface area contributed by atoms with E-state index in [0.29, 0.717) is 24.2 Å². The van der Waals surface area contributed by atoms with E-state index < -0.39 is 17.7 Å². The first kappa shape index (κ1) is 25.6. The highest BCUT2D eigenvalue weighted by atomic mass is 19.1. The Bertz CT molecular complexity index is 797. The summed E-state index contributed by atoms with van der Waals surface area (Å²) in [4.78, 5) is 11.7. The molecule has 7 heteroatoms. The molecule has 0 amide bonds. The molecule has 0 spiro atoms. The molecule has 2 aliphatic rings. The van der Waals surface area contributed by atoms with Crippen LogP contribution in [0, 0.1) is 29.4 Å². The van der Waals surface area contributed by atoms with E-state index in [4.69, 9.17) is 14.2 Å². The van der Waals surface area contributed by atoms with Crippen LogP contribution in [0.1, 0.15) is 58.8 Å². The molecule has 1 heterocycles. The summed E-state index contributed by atoms with van der Waals surface area (Å²) >= 11 is 0. The lowest BCUT2D eigenvalue weighted by molar-refractivity contribution is -0.147. The van der Waals surface area contributed by atoms with Crippen LogP contribution >= 0.6 is 0 Å². The molecule has 1 aliphatic carbocycles. The lowest BCUT2D eigenvalue weighted by Crippen LogP contribution is -2.21. The Hall–Kier alpha value is -1.99. The molecule has 3 rings (SSSR count). The monoisotopic (exact) mass is 466 g/mol. The van der Waals surface area contributed by atoms with Gasteiger partial charge in [0.1, 0.15) is 18.5 Å². The Morgan fingerprint density at radius 2 is 2.06 bits per heavy atom. The van der Waals surface area contributed by atoms with Gasteiger partial charge in [-0.25, -0.2) is 8.78 Å². The zero-order valence-electron chi connectivity index (χ0n) is 19.6. The largest absolute Gasteiger partial charge is 0.487 e. The zero-order chi connectivity index (χ0) is 23.8. The molecular weight excluding hydrogens is 430 g/mol. The van der Waals surface area contributed by atoms with Gasteiger partial charge in [-0.05, 0) is 82.3 Å². The third kappa shape index (κ3) is 8.07. The van der Waals surface area contributed by atoms with Crippen LogP contribution in [0.5, 0.6) is 5.75 Å². The second-order valence-corrected chi connectivity index (χ2v) is 9.49. The average molecular weight is 467 g/mol. The highest BCUT2D eigenvalue weighted by Crippen LogP contribution is 2.41. The molecule has 5 nitrogen and oxygen atoms in total. The number of carbonyl (C=O) groups is 1. The third-order valence-corrected chi connectivity index (χ3v) is 6.51. The maximum absolute atomic E-state index is 13.6. The van der Waals surface area contributed by atoms with Gasteiger partial charge in [-0.15, -0.1) is 0 Å². The molecule has 2 fully saturated rings. The van der Waals surface area contributed by atoms with E-state index >= 15 is 0 Å². The summed E-state index contributed by atoms with van der Waals surface area (Å²) in [5.74, 6) is -0.411. The molecule has 1 N–H and O–H groups in total. The van der Waals surface area contributed by atoms with Gasteiger partial charge in [0.05, 0.1) is 12.2 Å². The van der Waals surface area contributed by atoms with Crippen molar-refractivity contribution >= 4 is 5.97 Å². The van der Waals surface area contributed by atoms with E-state index in [0.717, 1.165) is 63.3 Å². The second-order valence-electron chi connectivity index (χ2n) is 9.49. The van der Waals surface area contributed by atoms with Gasteiger partial charge in [-0.1, -0.05) is 12.2 Å². The first-order valence-electron chi connectivity index (χ1n) is 12.1. The van der Waals surface area contributed by atoms with Crippen molar-refractivity contribution in [3.63, 3.8) is 0 Å². The van der Waals surface area contributed by atoms with Crippen molar-refractivity contribution in [2.24, 2.45) is 17.8 Å². The Balaban J connectivity index is 1.42. The molecular formula is C26H36F2O5. The van der Waals surface area contributed by atoms with Gasteiger partial charge >= 0.3 is 5.97 Å². The quantitative estimate of drug-likeness (QED) is 0.379. The number of fused-ring (bicyclic) bond motifs is 1.